The van der Waals surface area contributed by atoms with Gasteiger partial charge in [0.05, 0.1) is 6.04 Å². The Morgan fingerprint density at radius 3 is 2.54 bits per heavy atom. The Morgan fingerprint density at radius 2 is 1.71 bits per heavy atom. The van der Waals surface area contributed by atoms with Gasteiger partial charge in [-0.2, -0.15) is 0 Å². The fourth-order valence-corrected chi connectivity index (χ4v) is 6.69. The molecular formula is C23H30N2O3. The zero-order valence-electron chi connectivity index (χ0n) is 16.5. The molecule has 1 amide bonds. The molecular weight excluding hydrogens is 352 g/mol. The molecule has 0 radical (unpaired) electrons. The summed E-state index contributed by atoms with van der Waals surface area (Å²) in [6.07, 6.45) is 8.43. The van der Waals surface area contributed by atoms with Gasteiger partial charge < -0.3 is 14.4 Å². The number of benzene rings is 1. The topological polar surface area (TPSA) is 42.0 Å². The summed E-state index contributed by atoms with van der Waals surface area (Å²) in [5.41, 5.74) is 1.31. The number of amides is 1. The van der Waals surface area contributed by atoms with E-state index in [0.717, 1.165) is 30.9 Å². The molecule has 1 aromatic rings. The first-order valence-corrected chi connectivity index (χ1v) is 11.2. The molecule has 0 N–H and O–H groups in total. The number of fused-ring (bicyclic) bond motifs is 3. The maximum Gasteiger partial charge on any atom is 0.231 e. The largest absolute Gasteiger partial charge is 0.454 e. The molecule has 28 heavy (non-hydrogen) atoms. The van der Waals surface area contributed by atoms with Crippen LogP contribution >= 0.6 is 0 Å². The lowest BCUT2D eigenvalue weighted by Gasteiger charge is -2.51. The first-order valence-electron chi connectivity index (χ1n) is 11.2. The number of nitrogens with zero attached hydrogens (tertiary/aromatic N) is 2. The zero-order chi connectivity index (χ0) is 18.7. The molecule has 150 valence electrons. The Bertz CT molecular complexity index is 767. The van der Waals surface area contributed by atoms with Crippen LogP contribution in [0.3, 0.4) is 0 Å². The number of likely N-dealkylation sites (tertiary alicyclic amines) is 1. The Balaban J connectivity index is 1.34. The monoisotopic (exact) mass is 382 g/mol. The van der Waals surface area contributed by atoms with Crippen LogP contribution in [-0.4, -0.2) is 54.2 Å². The molecule has 5 heteroatoms. The highest BCUT2D eigenvalue weighted by atomic mass is 16.7. The molecule has 5 nitrogen and oxygen atoms in total. The summed E-state index contributed by atoms with van der Waals surface area (Å²) in [6, 6.07) is 7.30. The number of ether oxygens (including phenoxy) is 2. The number of carbonyl (C=O) groups excluding carboxylic acids is 1. The van der Waals surface area contributed by atoms with E-state index in [9.17, 15) is 4.79 Å². The Kier molecular flexibility index (Phi) is 4.07. The SMILES string of the molecule is O=C(C1CCCCC1)N1C[C@H](c2ccc3c(c2)OCO3)[C@H]2[C@@H]1C1CCN2CC1. The quantitative estimate of drug-likeness (QED) is 0.786. The van der Waals surface area contributed by atoms with Crippen molar-refractivity contribution >= 4 is 5.91 Å². The van der Waals surface area contributed by atoms with Gasteiger partial charge >= 0.3 is 0 Å². The second kappa shape index (κ2) is 6.65. The fraction of sp³-hybridized carbons (Fsp3) is 0.696. The molecule has 1 aliphatic carbocycles. The molecule has 0 unspecified atom stereocenters. The lowest BCUT2D eigenvalue weighted by molar-refractivity contribution is -0.141. The van der Waals surface area contributed by atoms with E-state index in [-0.39, 0.29) is 5.92 Å². The van der Waals surface area contributed by atoms with Gasteiger partial charge in [0.2, 0.25) is 12.7 Å². The van der Waals surface area contributed by atoms with E-state index in [1.165, 1.54) is 50.8 Å². The van der Waals surface area contributed by atoms with E-state index >= 15 is 0 Å². The summed E-state index contributed by atoms with van der Waals surface area (Å²) >= 11 is 0. The van der Waals surface area contributed by atoms with Crippen LogP contribution in [0, 0.1) is 11.8 Å². The predicted molar refractivity (Wildman–Crippen MR) is 105 cm³/mol. The minimum atomic E-state index is 0.264. The van der Waals surface area contributed by atoms with Crippen LogP contribution in [0.15, 0.2) is 18.2 Å². The number of carbonyl (C=O) groups is 1. The van der Waals surface area contributed by atoms with E-state index < -0.39 is 0 Å². The second-order valence-corrected chi connectivity index (χ2v) is 9.40. The third-order valence-corrected chi connectivity index (χ3v) is 8.06. The minimum absolute atomic E-state index is 0.264. The highest BCUT2D eigenvalue weighted by molar-refractivity contribution is 5.80. The van der Waals surface area contributed by atoms with Crippen LogP contribution in [0.5, 0.6) is 11.5 Å². The normalized spacial score (nSPS) is 36.6. The van der Waals surface area contributed by atoms with Crippen molar-refractivity contribution in [3.8, 4) is 11.5 Å². The van der Waals surface area contributed by atoms with Gasteiger partial charge in [0, 0.05) is 24.4 Å². The maximum atomic E-state index is 13.6. The summed E-state index contributed by atoms with van der Waals surface area (Å²) < 4.78 is 11.2. The Hall–Kier alpha value is -1.75. The molecule has 5 fully saturated rings. The zero-order valence-corrected chi connectivity index (χ0v) is 16.5. The van der Waals surface area contributed by atoms with Crippen LogP contribution in [0.2, 0.25) is 0 Å². The summed E-state index contributed by atoms with van der Waals surface area (Å²) in [4.78, 5) is 18.6. The number of hydrogen-bond acceptors (Lipinski definition) is 4. The summed E-state index contributed by atoms with van der Waals surface area (Å²) in [5.74, 6) is 3.49. The first-order chi connectivity index (χ1) is 13.8. The fourth-order valence-electron chi connectivity index (χ4n) is 6.69. The van der Waals surface area contributed by atoms with E-state index in [1.54, 1.807) is 0 Å². The van der Waals surface area contributed by atoms with Crippen LogP contribution < -0.4 is 9.47 Å². The molecule has 1 aromatic carbocycles. The van der Waals surface area contributed by atoms with Crippen LogP contribution in [-0.2, 0) is 4.79 Å². The number of hydrogen-bond donors (Lipinski definition) is 0. The van der Waals surface area contributed by atoms with E-state index in [1.807, 2.05) is 0 Å². The number of rotatable bonds is 2. The van der Waals surface area contributed by atoms with Crippen molar-refractivity contribution in [2.24, 2.45) is 11.8 Å². The van der Waals surface area contributed by atoms with E-state index in [0.29, 0.717) is 36.6 Å². The number of piperidine rings is 3. The highest BCUT2D eigenvalue weighted by Crippen LogP contribution is 2.48. The van der Waals surface area contributed by atoms with Gasteiger partial charge in [0.1, 0.15) is 0 Å². The summed E-state index contributed by atoms with van der Waals surface area (Å²) in [6.45, 7) is 3.57. The van der Waals surface area contributed by atoms with Crippen molar-refractivity contribution in [1.29, 1.82) is 0 Å². The van der Waals surface area contributed by atoms with E-state index in [2.05, 4.69) is 28.0 Å². The van der Waals surface area contributed by atoms with Gasteiger partial charge in [-0.3, -0.25) is 9.69 Å². The molecule has 5 aliphatic heterocycles. The van der Waals surface area contributed by atoms with Gasteiger partial charge in [0.25, 0.3) is 0 Å². The molecule has 0 aromatic heterocycles. The predicted octanol–water partition coefficient (Wildman–Crippen LogP) is 3.38. The van der Waals surface area contributed by atoms with Crippen molar-refractivity contribution in [2.45, 2.75) is 62.9 Å². The first kappa shape index (κ1) is 17.1. The van der Waals surface area contributed by atoms with Crippen molar-refractivity contribution < 1.29 is 14.3 Å². The molecule has 3 atom stereocenters. The Labute approximate surface area is 167 Å². The van der Waals surface area contributed by atoms with Crippen LogP contribution in [0.4, 0.5) is 0 Å². The van der Waals surface area contributed by atoms with Crippen molar-refractivity contribution in [3.05, 3.63) is 23.8 Å². The standard InChI is InChI=1S/C23H30N2O3/c26-23(16-4-2-1-3-5-16)25-13-18(17-6-7-19-20(12-17)28-14-27-19)22-21(25)15-8-10-24(22)11-9-15/h6-7,12,15-16,18,21-22H,1-5,8-11,13-14H2/t18-,21+,22+/m1/s1. The van der Waals surface area contributed by atoms with Crippen molar-refractivity contribution in [1.82, 2.24) is 9.80 Å². The van der Waals surface area contributed by atoms with Gasteiger partial charge in [-0.15, -0.1) is 0 Å². The van der Waals surface area contributed by atoms with Gasteiger partial charge in [-0.25, -0.2) is 0 Å². The molecule has 7 rings (SSSR count). The molecule has 4 saturated heterocycles. The summed E-state index contributed by atoms with van der Waals surface area (Å²) in [7, 11) is 0. The molecule has 2 bridgehead atoms. The molecule has 0 spiro atoms. The summed E-state index contributed by atoms with van der Waals surface area (Å²) in [5, 5.41) is 0. The third-order valence-electron chi connectivity index (χ3n) is 8.06. The average Bonchev–Trinajstić information content (AvgIpc) is 3.40. The Morgan fingerprint density at radius 1 is 0.929 bits per heavy atom. The second-order valence-electron chi connectivity index (χ2n) is 9.40. The molecule has 6 aliphatic rings. The van der Waals surface area contributed by atoms with Gasteiger partial charge in [-0.1, -0.05) is 25.3 Å². The van der Waals surface area contributed by atoms with Gasteiger partial charge in [0.15, 0.2) is 11.5 Å². The van der Waals surface area contributed by atoms with Crippen molar-refractivity contribution in [2.75, 3.05) is 26.4 Å². The highest BCUT2D eigenvalue weighted by Gasteiger charge is 2.55. The maximum absolute atomic E-state index is 13.6. The van der Waals surface area contributed by atoms with Crippen molar-refractivity contribution in [3.63, 3.8) is 0 Å². The average molecular weight is 383 g/mol. The third kappa shape index (κ3) is 2.58. The lowest BCUT2D eigenvalue weighted by Crippen LogP contribution is -2.61. The smallest absolute Gasteiger partial charge is 0.231 e. The van der Waals surface area contributed by atoms with Gasteiger partial charge in [-0.05, 0) is 62.4 Å². The van der Waals surface area contributed by atoms with Crippen LogP contribution in [0.25, 0.3) is 0 Å². The van der Waals surface area contributed by atoms with Crippen LogP contribution in [0.1, 0.15) is 56.4 Å². The minimum Gasteiger partial charge on any atom is -0.454 e. The molecule has 5 heterocycles. The van der Waals surface area contributed by atoms with E-state index in [4.69, 9.17) is 9.47 Å². The molecule has 1 saturated carbocycles. The lowest BCUT2D eigenvalue weighted by atomic mass is 9.75.